The van der Waals surface area contributed by atoms with Crippen LogP contribution in [0.3, 0.4) is 0 Å². The van der Waals surface area contributed by atoms with Gasteiger partial charge in [-0.2, -0.15) is 0 Å². The molecular weight excluding hydrogens is 308 g/mol. The molecule has 1 atom stereocenters. The number of nitrogens with zero attached hydrogens (tertiary/aromatic N) is 2. The fraction of sp³-hybridized carbons (Fsp3) is 0.222. The van der Waals surface area contributed by atoms with Gasteiger partial charge in [0.15, 0.2) is 11.5 Å². The van der Waals surface area contributed by atoms with Crippen molar-refractivity contribution in [1.29, 1.82) is 0 Å². The molecule has 0 aliphatic heterocycles. The Morgan fingerprint density at radius 2 is 1.79 bits per heavy atom. The Morgan fingerprint density at radius 1 is 1.12 bits per heavy atom. The first kappa shape index (κ1) is 16.0. The highest BCUT2D eigenvalue weighted by Gasteiger charge is 2.13. The molecule has 2 aromatic carbocycles. The van der Waals surface area contributed by atoms with Crippen molar-refractivity contribution in [2.24, 2.45) is 0 Å². The van der Waals surface area contributed by atoms with Crippen molar-refractivity contribution in [2.75, 3.05) is 14.2 Å². The van der Waals surface area contributed by atoms with Crippen LogP contribution in [0.15, 0.2) is 53.6 Å². The summed E-state index contributed by atoms with van der Waals surface area (Å²) in [6, 6.07) is 12.5. The first-order chi connectivity index (χ1) is 11.6. The van der Waals surface area contributed by atoms with Gasteiger partial charge in [-0.3, -0.25) is 9.36 Å². The summed E-state index contributed by atoms with van der Waals surface area (Å²) in [6.07, 6.45) is 0.645. The van der Waals surface area contributed by atoms with E-state index in [1.165, 1.54) is 25.1 Å². The smallest absolute Gasteiger partial charge is 0.261 e. The fourth-order valence-electron chi connectivity index (χ4n) is 2.58. The molecule has 6 nitrogen and oxygen atoms in total. The summed E-state index contributed by atoms with van der Waals surface area (Å²) in [7, 11) is 3.04. The maximum atomic E-state index is 12.7. The Kier molecular flexibility index (Phi) is 4.48. The molecule has 0 spiro atoms. The topological polar surface area (TPSA) is 73.6 Å². The molecule has 0 aliphatic rings. The second kappa shape index (κ2) is 6.72. The van der Waals surface area contributed by atoms with Crippen LogP contribution in [0.25, 0.3) is 10.9 Å². The van der Waals surface area contributed by atoms with E-state index in [1.807, 2.05) is 30.3 Å². The molecule has 1 aromatic heterocycles. The van der Waals surface area contributed by atoms with Crippen LogP contribution < -0.4 is 15.0 Å². The average Bonchev–Trinajstić information content (AvgIpc) is 2.63. The van der Waals surface area contributed by atoms with Crippen molar-refractivity contribution in [3.8, 4) is 11.5 Å². The van der Waals surface area contributed by atoms with Gasteiger partial charge in [0, 0.05) is 6.07 Å². The Bertz CT molecular complexity index is 906. The molecule has 3 aromatic rings. The molecular formula is C18H18N2O4. The SMILES string of the molecule is COc1cc2ncn(C[C@H](O)c3ccccc3)c(=O)c2cc1OC. The lowest BCUT2D eigenvalue weighted by atomic mass is 10.1. The van der Waals surface area contributed by atoms with Gasteiger partial charge < -0.3 is 14.6 Å². The Balaban J connectivity index is 2.01. The van der Waals surface area contributed by atoms with Gasteiger partial charge in [0.2, 0.25) is 0 Å². The van der Waals surface area contributed by atoms with Crippen LogP contribution in [0.1, 0.15) is 11.7 Å². The highest BCUT2D eigenvalue weighted by molar-refractivity contribution is 5.81. The van der Waals surface area contributed by atoms with Gasteiger partial charge in [-0.25, -0.2) is 4.98 Å². The molecule has 0 saturated carbocycles. The highest BCUT2D eigenvalue weighted by atomic mass is 16.5. The van der Waals surface area contributed by atoms with Gasteiger partial charge in [-0.15, -0.1) is 0 Å². The fourth-order valence-corrected chi connectivity index (χ4v) is 2.58. The maximum Gasteiger partial charge on any atom is 0.261 e. The number of aliphatic hydroxyl groups excluding tert-OH is 1. The number of aliphatic hydroxyl groups is 1. The van der Waals surface area contributed by atoms with Gasteiger partial charge in [0.1, 0.15) is 0 Å². The van der Waals surface area contributed by atoms with Crippen LogP contribution in [-0.2, 0) is 6.54 Å². The van der Waals surface area contributed by atoms with E-state index in [9.17, 15) is 9.90 Å². The van der Waals surface area contributed by atoms with E-state index in [1.54, 1.807) is 12.1 Å². The van der Waals surface area contributed by atoms with Crippen LogP contribution in [0, 0.1) is 0 Å². The maximum absolute atomic E-state index is 12.7. The number of methoxy groups -OCH3 is 2. The molecule has 1 N–H and O–H groups in total. The van der Waals surface area contributed by atoms with E-state index < -0.39 is 6.10 Å². The quantitative estimate of drug-likeness (QED) is 0.778. The number of aromatic nitrogens is 2. The third kappa shape index (κ3) is 2.96. The molecule has 0 amide bonds. The molecule has 0 unspecified atom stereocenters. The average molecular weight is 326 g/mol. The summed E-state index contributed by atoms with van der Waals surface area (Å²) >= 11 is 0. The lowest BCUT2D eigenvalue weighted by Crippen LogP contribution is -2.23. The minimum absolute atomic E-state index is 0.125. The molecule has 0 aliphatic carbocycles. The minimum Gasteiger partial charge on any atom is -0.493 e. The van der Waals surface area contributed by atoms with Crippen LogP contribution in [0.4, 0.5) is 0 Å². The summed E-state index contributed by atoms with van der Waals surface area (Å²) in [5.74, 6) is 0.976. The Labute approximate surface area is 138 Å². The normalized spacial score (nSPS) is 12.1. The van der Waals surface area contributed by atoms with Crippen molar-refractivity contribution in [1.82, 2.24) is 9.55 Å². The third-order valence-corrected chi connectivity index (χ3v) is 3.88. The van der Waals surface area contributed by atoms with E-state index in [-0.39, 0.29) is 12.1 Å². The zero-order valence-corrected chi connectivity index (χ0v) is 13.5. The highest BCUT2D eigenvalue weighted by Crippen LogP contribution is 2.29. The van der Waals surface area contributed by atoms with Crippen LogP contribution in [-0.4, -0.2) is 28.9 Å². The summed E-state index contributed by atoms with van der Waals surface area (Å²) in [5.41, 5.74) is 1.02. The van der Waals surface area contributed by atoms with E-state index in [4.69, 9.17) is 9.47 Å². The van der Waals surface area contributed by atoms with Crippen molar-refractivity contribution in [3.05, 3.63) is 64.7 Å². The number of benzene rings is 2. The van der Waals surface area contributed by atoms with Gasteiger partial charge in [-0.1, -0.05) is 30.3 Å². The van der Waals surface area contributed by atoms with Crippen molar-refractivity contribution in [2.45, 2.75) is 12.6 Å². The van der Waals surface area contributed by atoms with Crippen LogP contribution in [0.2, 0.25) is 0 Å². The largest absolute Gasteiger partial charge is 0.493 e. The number of hydrogen-bond acceptors (Lipinski definition) is 5. The Hall–Kier alpha value is -2.86. The molecule has 0 fully saturated rings. The second-order valence-electron chi connectivity index (χ2n) is 5.35. The summed E-state index contributed by atoms with van der Waals surface area (Å²) < 4.78 is 11.9. The van der Waals surface area contributed by atoms with E-state index in [0.717, 1.165) is 5.56 Å². The molecule has 6 heteroatoms. The third-order valence-electron chi connectivity index (χ3n) is 3.88. The van der Waals surface area contributed by atoms with Gasteiger partial charge in [0.25, 0.3) is 5.56 Å². The van der Waals surface area contributed by atoms with E-state index >= 15 is 0 Å². The molecule has 0 radical (unpaired) electrons. The predicted octanol–water partition coefficient (Wildman–Crippen LogP) is 2.15. The van der Waals surface area contributed by atoms with Crippen molar-refractivity contribution >= 4 is 10.9 Å². The standard InChI is InChI=1S/C18H18N2O4/c1-23-16-8-13-14(9-17(16)24-2)19-11-20(18(13)22)10-15(21)12-6-4-3-5-7-12/h3-9,11,15,21H,10H2,1-2H3/t15-/m0/s1. The lowest BCUT2D eigenvalue weighted by molar-refractivity contribution is 0.155. The summed E-state index contributed by atoms with van der Waals surface area (Å²) in [5, 5.41) is 10.7. The van der Waals surface area contributed by atoms with Crippen LogP contribution in [0.5, 0.6) is 11.5 Å². The number of ether oxygens (including phenoxy) is 2. The van der Waals surface area contributed by atoms with Crippen LogP contribution >= 0.6 is 0 Å². The van der Waals surface area contributed by atoms with Crippen molar-refractivity contribution in [3.63, 3.8) is 0 Å². The zero-order chi connectivity index (χ0) is 17.1. The number of hydrogen-bond donors (Lipinski definition) is 1. The molecule has 3 rings (SSSR count). The molecule has 24 heavy (non-hydrogen) atoms. The first-order valence-corrected chi connectivity index (χ1v) is 7.48. The second-order valence-corrected chi connectivity index (χ2v) is 5.35. The first-order valence-electron chi connectivity index (χ1n) is 7.48. The molecule has 1 heterocycles. The zero-order valence-electron chi connectivity index (χ0n) is 13.5. The van der Waals surface area contributed by atoms with Gasteiger partial charge in [-0.05, 0) is 11.6 Å². The van der Waals surface area contributed by atoms with Crippen molar-refractivity contribution < 1.29 is 14.6 Å². The number of fused-ring (bicyclic) bond motifs is 1. The minimum atomic E-state index is -0.789. The van der Waals surface area contributed by atoms with Gasteiger partial charge in [0.05, 0.1) is 44.1 Å². The van der Waals surface area contributed by atoms with Gasteiger partial charge >= 0.3 is 0 Å². The predicted molar refractivity (Wildman–Crippen MR) is 90.5 cm³/mol. The Morgan fingerprint density at radius 3 is 2.46 bits per heavy atom. The summed E-state index contributed by atoms with van der Waals surface area (Å²) in [6.45, 7) is 0.125. The van der Waals surface area contributed by atoms with E-state index in [0.29, 0.717) is 22.4 Å². The summed E-state index contributed by atoms with van der Waals surface area (Å²) in [4.78, 5) is 17.0. The number of rotatable bonds is 5. The molecule has 0 saturated heterocycles. The lowest BCUT2D eigenvalue weighted by Gasteiger charge is -2.14. The molecule has 0 bridgehead atoms. The van der Waals surface area contributed by atoms with E-state index in [2.05, 4.69) is 4.98 Å². The monoisotopic (exact) mass is 326 g/mol. The molecule has 124 valence electrons.